The van der Waals surface area contributed by atoms with Gasteiger partial charge in [-0.25, -0.2) is 9.05 Å². The number of benzene rings is 2. The summed E-state index contributed by atoms with van der Waals surface area (Å²) in [5.41, 5.74) is 1.95. The average molecular weight is 321 g/mol. The first-order valence-corrected chi connectivity index (χ1v) is 8.03. The minimum absolute atomic E-state index is 0.0872. The summed E-state index contributed by atoms with van der Waals surface area (Å²) in [5, 5.41) is 17.7. The van der Waals surface area contributed by atoms with Crippen LogP contribution in [0.3, 0.4) is 0 Å². The zero-order chi connectivity index (χ0) is 15.8. The van der Waals surface area contributed by atoms with Gasteiger partial charge in [0.1, 0.15) is 0 Å². The highest BCUT2D eigenvalue weighted by Crippen LogP contribution is 2.30. The molecule has 0 saturated carbocycles. The molecule has 0 spiro atoms. The van der Waals surface area contributed by atoms with Gasteiger partial charge in [-0.05, 0) is 48.2 Å². The van der Waals surface area contributed by atoms with Crippen molar-refractivity contribution in [1.82, 2.24) is 0 Å². The number of aliphatic hydroxyl groups excluding tert-OH is 2. The Morgan fingerprint density at radius 1 is 0.727 bits per heavy atom. The molecule has 5 nitrogen and oxygen atoms in total. The van der Waals surface area contributed by atoms with E-state index < -0.39 is 8.25 Å². The predicted molar refractivity (Wildman–Crippen MR) is 83.3 cm³/mol. The van der Waals surface area contributed by atoms with Gasteiger partial charge in [0, 0.05) is 17.8 Å². The van der Waals surface area contributed by atoms with Crippen LogP contribution in [0.1, 0.15) is 11.1 Å². The van der Waals surface area contributed by atoms with E-state index in [2.05, 4.69) is 0 Å². The Hall–Kier alpha value is -1.94. The maximum Gasteiger partial charge on any atom is 0.805 e. The standard InChI is InChI=1S/C16H18O5P/c17-11-9-13-1-5-15(6-2-13)20-22(19)21-16-7-3-14(4-8-16)10-12-18/h1-8,17-18H,9-12H2/q+1. The molecule has 2 N–H and O–H groups in total. The Kier molecular flexibility index (Phi) is 6.34. The fraction of sp³-hybridized carbons (Fsp3) is 0.250. The fourth-order valence-electron chi connectivity index (χ4n) is 1.88. The lowest BCUT2D eigenvalue weighted by atomic mass is 10.2. The lowest BCUT2D eigenvalue weighted by Crippen LogP contribution is -1.93. The maximum absolute atomic E-state index is 11.8. The van der Waals surface area contributed by atoms with Gasteiger partial charge in [-0.2, -0.15) is 0 Å². The largest absolute Gasteiger partial charge is 0.805 e. The van der Waals surface area contributed by atoms with Crippen molar-refractivity contribution in [2.24, 2.45) is 0 Å². The van der Waals surface area contributed by atoms with Crippen LogP contribution < -0.4 is 9.05 Å². The molecule has 0 fully saturated rings. The van der Waals surface area contributed by atoms with E-state index in [0.29, 0.717) is 24.3 Å². The van der Waals surface area contributed by atoms with E-state index in [1.54, 1.807) is 48.5 Å². The Labute approximate surface area is 130 Å². The summed E-state index contributed by atoms with van der Waals surface area (Å²) >= 11 is 0. The molecule has 2 aromatic carbocycles. The predicted octanol–water partition coefficient (Wildman–Crippen LogP) is 2.87. The van der Waals surface area contributed by atoms with Crippen LogP contribution >= 0.6 is 8.25 Å². The second kappa shape index (κ2) is 8.49. The molecule has 0 aromatic heterocycles. The van der Waals surface area contributed by atoms with Crippen LogP contribution in [0, 0.1) is 0 Å². The van der Waals surface area contributed by atoms with Crippen molar-refractivity contribution < 1.29 is 23.8 Å². The molecule has 0 aliphatic rings. The normalized spacial score (nSPS) is 10.3. The van der Waals surface area contributed by atoms with E-state index >= 15 is 0 Å². The van der Waals surface area contributed by atoms with Gasteiger partial charge in [0.15, 0.2) is 11.5 Å². The summed E-state index contributed by atoms with van der Waals surface area (Å²) in [4.78, 5) is 0. The van der Waals surface area contributed by atoms with E-state index in [1.807, 2.05) is 0 Å². The summed E-state index contributed by atoms with van der Waals surface area (Å²) in [5.74, 6) is 0.888. The highest BCUT2D eigenvalue weighted by molar-refractivity contribution is 7.34. The first kappa shape index (κ1) is 16.4. The van der Waals surface area contributed by atoms with Crippen LogP contribution in [0.5, 0.6) is 11.5 Å². The third-order valence-corrected chi connectivity index (χ3v) is 3.73. The second-order valence-corrected chi connectivity index (χ2v) is 5.45. The molecule has 0 saturated heterocycles. The van der Waals surface area contributed by atoms with Crippen LogP contribution in [0.2, 0.25) is 0 Å². The zero-order valence-corrected chi connectivity index (χ0v) is 12.9. The van der Waals surface area contributed by atoms with Crippen LogP contribution in [0.4, 0.5) is 0 Å². The third kappa shape index (κ3) is 5.11. The first-order valence-electron chi connectivity index (χ1n) is 6.94. The van der Waals surface area contributed by atoms with Gasteiger partial charge in [0.25, 0.3) is 0 Å². The van der Waals surface area contributed by atoms with Crippen molar-refractivity contribution in [3.63, 3.8) is 0 Å². The average Bonchev–Trinajstić information content (AvgIpc) is 2.52. The molecule has 0 aliphatic carbocycles. The minimum Gasteiger partial charge on any atom is -0.396 e. The Morgan fingerprint density at radius 2 is 1.09 bits per heavy atom. The minimum atomic E-state index is -2.32. The van der Waals surface area contributed by atoms with Gasteiger partial charge in [0.05, 0.1) is 0 Å². The summed E-state index contributed by atoms with van der Waals surface area (Å²) < 4.78 is 22.3. The molecule has 0 unspecified atom stereocenters. The maximum atomic E-state index is 11.8. The summed E-state index contributed by atoms with van der Waals surface area (Å²) in [7, 11) is -2.32. The molecule has 116 valence electrons. The highest BCUT2D eigenvalue weighted by Gasteiger charge is 2.23. The molecule has 0 bridgehead atoms. The van der Waals surface area contributed by atoms with E-state index in [-0.39, 0.29) is 13.2 Å². The molecule has 0 aliphatic heterocycles. The van der Waals surface area contributed by atoms with Gasteiger partial charge in [-0.1, -0.05) is 24.3 Å². The van der Waals surface area contributed by atoms with Gasteiger partial charge in [-0.3, -0.25) is 0 Å². The Morgan fingerprint density at radius 3 is 1.41 bits per heavy atom. The van der Waals surface area contributed by atoms with Gasteiger partial charge in [-0.15, -0.1) is 0 Å². The van der Waals surface area contributed by atoms with E-state index in [0.717, 1.165) is 11.1 Å². The van der Waals surface area contributed by atoms with Crippen molar-refractivity contribution in [1.29, 1.82) is 0 Å². The monoisotopic (exact) mass is 321 g/mol. The first-order chi connectivity index (χ1) is 10.7. The van der Waals surface area contributed by atoms with Crippen LogP contribution in [-0.4, -0.2) is 23.4 Å². The Bertz CT molecular complexity index is 541. The van der Waals surface area contributed by atoms with Crippen molar-refractivity contribution in [2.75, 3.05) is 13.2 Å². The second-order valence-electron chi connectivity index (χ2n) is 4.64. The lowest BCUT2D eigenvalue weighted by Gasteiger charge is -1.99. The van der Waals surface area contributed by atoms with E-state index in [4.69, 9.17) is 19.3 Å². The fourth-order valence-corrected chi connectivity index (χ4v) is 2.51. The molecule has 6 heteroatoms. The molecule has 0 radical (unpaired) electrons. The number of aliphatic hydroxyl groups is 2. The van der Waals surface area contributed by atoms with Crippen LogP contribution in [0.15, 0.2) is 48.5 Å². The van der Waals surface area contributed by atoms with Crippen LogP contribution in [0.25, 0.3) is 0 Å². The third-order valence-electron chi connectivity index (χ3n) is 3.01. The molecule has 22 heavy (non-hydrogen) atoms. The molecule has 0 heterocycles. The van der Waals surface area contributed by atoms with Crippen molar-refractivity contribution in [2.45, 2.75) is 12.8 Å². The van der Waals surface area contributed by atoms with E-state index in [9.17, 15) is 4.57 Å². The SMILES string of the molecule is O=[P+](Oc1ccc(CCO)cc1)Oc1ccc(CCO)cc1. The molecule has 0 amide bonds. The number of rotatable bonds is 8. The summed E-state index contributed by atoms with van der Waals surface area (Å²) in [6, 6.07) is 14.0. The van der Waals surface area contributed by atoms with Gasteiger partial charge >= 0.3 is 8.25 Å². The van der Waals surface area contributed by atoms with E-state index in [1.165, 1.54) is 0 Å². The Balaban J connectivity index is 1.89. The zero-order valence-electron chi connectivity index (χ0n) is 12.0. The molecule has 2 rings (SSSR count). The summed E-state index contributed by atoms with van der Waals surface area (Å²) in [6.07, 6.45) is 1.15. The lowest BCUT2D eigenvalue weighted by molar-refractivity contribution is 0.299. The van der Waals surface area contributed by atoms with Crippen LogP contribution in [-0.2, 0) is 17.4 Å². The quantitative estimate of drug-likeness (QED) is 0.731. The smallest absolute Gasteiger partial charge is 0.396 e. The number of hydrogen-bond acceptors (Lipinski definition) is 5. The topological polar surface area (TPSA) is 76.0 Å². The van der Waals surface area contributed by atoms with Crippen molar-refractivity contribution in [3.05, 3.63) is 59.7 Å². The number of hydrogen-bond donors (Lipinski definition) is 2. The molecular formula is C16H18O5P+. The molecular weight excluding hydrogens is 303 g/mol. The highest BCUT2D eigenvalue weighted by atomic mass is 31.1. The van der Waals surface area contributed by atoms with Crippen molar-refractivity contribution in [3.8, 4) is 11.5 Å². The molecule has 2 aromatic rings. The summed E-state index contributed by atoms with van der Waals surface area (Å²) in [6.45, 7) is 0.174. The molecule has 0 atom stereocenters. The van der Waals surface area contributed by atoms with Gasteiger partial charge < -0.3 is 10.2 Å². The van der Waals surface area contributed by atoms with Crippen molar-refractivity contribution >= 4 is 8.25 Å². The van der Waals surface area contributed by atoms with Gasteiger partial charge in [0.2, 0.25) is 0 Å².